The lowest BCUT2D eigenvalue weighted by atomic mass is 10.2. The van der Waals surface area contributed by atoms with Crippen molar-refractivity contribution in [3.63, 3.8) is 0 Å². The van der Waals surface area contributed by atoms with Crippen molar-refractivity contribution in [2.45, 2.75) is 26.1 Å². The molecule has 0 amide bonds. The van der Waals surface area contributed by atoms with Crippen LogP contribution in [-0.4, -0.2) is 39.8 Å². The Balaban J connectivity index is 1.70. The lowest BCUT2D eigenvalue weighted by Gasteiger charge is -2.42. The van der Waals surface area contributed by atoms with Crippen LogP contribution in [0.3, 0.4) is 0 Å². The number of anilines is 1. The Morgan fingerprint density at radius 3 is 2.88 bits per heavy atom. The Hall–Kier alpha value is -2.80. The van der Waals surface area contributed by atoms with Crippen LogP contribution in [0, 0.1) is 0 Å². The number of guanidine groups is 1. The number of para-hydroxylation sites is 2. The van der Waals surface area contributed by atoms with Crippen molar-refractivity contribution in [1.82, 2.24) is 19.8 Å². The fourth-order valence-electron chi connectivity index (χ4n) is 3.45. The summed E-state index contributed by atoms with van der Waals surface area (Å²) in [6, 6.07) is 12.5. The molecule has 2 aliphatic rings. The maximum atomic E-state index is 5.69. The van der Waals surface area contributed by atoms with Crippen molar-refractivity contribution in [2.24, 2.45) is 4.99 Å². The molecule has 0 fully saturated rings. The summed E-state index contributed by atoms with van der Waals surface area (Å²) >= 11 is 0. The average molecular weight is 336 g/mol. The number of aliphatic imine (C=N–C) groups is 1. The summed E-state index contributed by atoms with van der Waals surface area (Å²) in [4.78, 5) is 14.1. The third-order valence-electron chi connectivity index (χ3n) is 4.87. The van der Waals surface area contributed by atoms with E-state index in [-0.39, 0.29) is 6.17 Å². The number of fused-ring (bicyclic) bond motifs is 5. The van der Waals surface area contributed by atoms with Gasteiger partial charge in [0.05, 0.1) is 30.6 Å². The predicted molar refractivity (Wildman–Crippen MR) is 96.3 cm³/mol. The third-order valence-corrected chi connectivity index (χ3v) is 4.87. The summed E-state index contributed by atoms with van der Waals surface area (Å²) < 4.78 is 7.88. The molecule has 25 heavy (non-hydrogen) atoms. The molecule has 7 heteroatoms. The Morgan fingerprint density at radius 2 is 2.08 bits per heavy atom. The van der Waals surface area contributed by atoms with Crippen LogP contribution in [0.25, 0.3) is 11.0 Å². The van der Waals surface area contributed by atoms with E-state index in [0.717, 1.165) is 35.4 Å². The first-order chi connectivity index (χ1) is 12.2. The molecule has 0 bridgehead atoms. The van der Waals surface area contributed by atoms with E-state index in [4.69, 9.17) is 14.4 Å². The molecule has 128 valence electrons. The van der Waals surface area contributed by atoms with Gasteiger partial charge < -0.3 is 9.73 Å². The second-order valence-corrected chi connectivity index (χ2v) is 6.71. The third kappa shape index (κ3) is 2.16. The van der Waals surface area contributed by atoms with Gasteiger partial charge in [0.1, 0.15) is 5.76 Å². The molecule has 5 rings (SSSR count). The van der Waals surface area contributed by atoms with Crippen molar-refractivity contribution in [3.8, 4) is 0 Å². The molecule has 2 aliphatic heterocycles. The Bertz CT molecular complexity index is 942. The molecule has 0 saturated heterocycles. The molecular formula is C18H20N6O. The lowest BCUT2D eigenvalue weighted by Crippen LogP contribution is -2.58. The average Bonchev–Trinajstić information content (AvgIpc) is 3.28. The van der Waals surface area contributed by atoms with Gasteiger partial charge in [-0.15, -0.1) is 0 Å². The highest BCUT2D eigenvalue weighted by atomic mass is 16.3. The smallest absolute Gasteiger partial charge is 0.216 e. The molecule has 1 N–H and O–H groups in total. The minimum absolute atomic E-state index is 0.155. The summed E-state index contributed by atoms with van der Waals surface area (Å²) in [5.41, 5.74) is 2.05. The van der Waals surface area contributed by atoms with Gasteiger partial charge in [-0.3, -0.25) is 14.4 Å². The standard InChI is InChI=1S/C18H20N6O/c1-12(2)22-10-19-17-21-16(15-8-5-9-25-15)24-14-7-4-3-6-13(14)20-18(24)23(17)11-22/h3-9,12,16H,10-11H2,1-2H3,(H,19,21)/t16-/m0/s1. The van der Waals surface area contributed by atoms with Crippen molar-refractivity contribution in [3.05, 3.63) is 48.4 Å². The van der Waals surface area contributed by atoms with E-state index in [0.29, 0.717) is 12.7 Å². The van der Waals surface area contributed by atoms with E-state index in [2.05, 4.69) is 39.6 Å². The van der Waals surface area contributed by atoms with Gasteiger partial charge in [-0.1, -0.05) is 12.1 Å². The molecule has 4 heterocycles. The minimum Gasteiger partial charge on any atom is -0.465 e. The van der Waals surface area contributed by atoms with E-state index in [1.807, 2.05) is 30.3 Å². The second kappa shape index (κ2) is 5.35. The van der Waals surface area contributed by atoms with E-state index >= 15 is 0 Å². The molecule has 0 spiro atoms. The molecule has 0 aliphatic carbocycles. The van der Waals surface area contributed by atoms with Gasteiger partial charge in [-0.2, -0.15) is 0 Å². The van der Waals surface area contributed by atoms with E-state index in [1.165, 1.54) is 0 Å². The van der Waals surface area contributed by atoms with Crippen molar-refractivity contribution in [2.75, 3.05) is 18.2 Å². The van der Waals surface area contributed by atoms with E-state index in [9.17, 15) is 0 Å². The van der Waals surface area contributed by atoms with Crippen molar-refractivity contribution < 1.29 is 4.42 Å². The minimum atomic E-state index is -0.155. The van der Waals surface area contributed by atoms with Gasteiger partial charge in [-0.05, 0) is 38.1 Å². The van der Waals surface area contributed by atoms with Gasteiger partial charge in [-0.25, -0.2) is 9.98 Å². The van der Waals surface area contributed by atoms with Gasteiger partial charge in [0.15, 0.2) is 6.17 Å². The summed E-state index contributed by atoms with van der Waals surface area (Å²) in [6.45, 7) is 5.82. The van der Waals surface area contributed by atoms with Crippen LogP contribution in [0.4, 0.5) is 5.95 Å². The first-order valence-electron chi connectivity index (χ1n) is 8.55. The molecule has 0 saturated carbocycles. The van der Waals surface area contributed by atoms with Gasteiger partial charge in [0.25, 0.3) is 0 Å². The summed E-state index contributed by atoms with van der Waals surface area (Å²) in [5, 5.41) is 3.53. The summed E-state index contributed by atoms with van der Waals surface area (Å²) in [6.07, 6.45) is 1.55. The van der Waals surface area contributed by atoms with Crippen LogP contribution in [0.1, 0.15) is 25.8 Å². The van der Waals surface area contributed by atoms with Crippen LogP contribution < -0.4 is 10.2 Å². The zero-order valence-electron chi connectivity index (χ0n) is 14.3. The van der Waals surface area contributed by atoms with Crippen LogP contribution >= 0.6 is 0 Å². The number of rotatable bonds is 2. The highest BCUT2D eigenvalue weighted by molar-refractivity contribution is 5.98. The predicted octanol–water partition coefficient (Wildman–Crippen LogP) is 2.58. The molecule has 2 aromatic heterocycles. The van der Waals surface area contributed by atoms with Gasteiger partial charge in [0.2, 0.25) is 11.9 Å². The number of hydrogen-bond acceptors (Lipinski definition) is 6. The fourth-order valence-corrected chi connectivity index (χ4v) is 3.45. The lowest BCUT2D eigenvalue weighted by molar-refractivity contribution is 0.220. The zero-order valence-corrected chi connectivity index (χ0v) is 14.3. The number of furan rings is 1. The molecule has 7 nitrogen and oxygen atoms in total. The first kappa shape index (κ1) is 14.5. The normalized spacial score (nSPS) is 20.4. The number of nitrogens with one attached hydrogen (secondary N) is 1. The number of hydrogen-bond donors (Lipinski definition) is 1. The Kier molecular flexibility index (Phi) is 3.11. The monoisotopic (exact) mass is 336 g/mol. The molecule has 1 atom stereocenters. The van der Waals surface area contributed by atoms with Crippen molar-refractivity contribution in [1.29, 1.82) is 0 Å². The Labute approximate surface area is 145 Å². The molecular weight excluding hydrogens is 316 g/mol. The number of imidazole rings is 1. The highest BCUT2D eigenvalue weighted by Gasteiger charge is 2.37. The zero-order chi connectivity index (χ0) is 17.0. The second-order valence-electron chi connectivity index (χ2n) is 6.71. The first-order valence-corrected chi connectivity index (χ1v) is 8.55. The quantitative estimate of drug-likeness (QED) is 0.779. The van der Waals surface area contributed by atoms with Gasteiger partial charge >= 0.3 is 0 Å². The highest BCUT2D eigenvalue weighted by Crippen LogP contribution is 2.34. The maximum Gasteiger partial charge on any atom is 0.216 e. The number of nitrogens with zero attached hydrogens (tertiary/aromatic N) is 5. The Morgan fingerprint density at radius 1 is 1.20 bits per heavy atom. The topological polar surface area (TPSA) is 61.8 Å². The van der Waals surface area contributed by atoms with Crippen LogP contribution in [0.15, 0.2) is 52.1 Å². The van der Waals surface area contributed by atoms with Gasteiger partial charge in [0, 0.05) is 6.04 Å². The van der Waals surface area contributed by atoms with E-state index in [1.54, 1.807) is 6.26 Å². The maximum absolute atomic E-state index is 5.69. The van der Waals surface area contributed by atoms with Crippen LogP contribution in [0.5, 0.6) is 0 Å². The van der Waals surface area contributed by atoms with Crippen LogP contribution in [-0.2, 0) is 0 Å². The largest absolute Gasteiger partial charge is 0.465 e. The van der Waals surface area contributed by atoms with E-state index < -0.39 is 0 Å². The summed E-state index contributed by atoms with van der Waals surface area (Å²) in [7, 11) is 0. The van der Waals surface area contributed by atoms with Crippen LogP contribution in [0.2, 0.25) is 0 Å². The molecule has 1 aromatic carbocycles. The molecule has 3 aromatic rings. The molecule has 0 unspecified atom stereocenters. The fraction of sp³-hybridized carbons (Fsp3) is 0.333. The number of benzene rings is 1. The molecule has 0 radical (unpaired) electrons. The number of aromatic nitrogens is 2. The SMILES string of the molecule is CC(C)N1CN=C2N[C@H](c3ccco3)n3c(nc4ccccc43)N2C1. The summed E-state index contributed by atoms with van der Waals surface area (Å²) in [5.74, 6) is 2.59. The van der Waals surface area contributed by atoms with Crippen molar-refractivity contribution >= 4 is 22.9 Å².